The summed E-state index contributed by atoms with van der Waals surface area (Å²) in [5.41, 5.74) is 2.29. The van der Waals surface area contributed by atoms with Gasteiger partial charge in [0, 0.05) is 35.7 Å². The molecule has 3 rings (SSSR count). The molecule has 1 heterocycles. The van der Waals surface area contributed by atoms with Crippen molar-refractivity contribution >= 4 is 34.0 Å². The monoisotopic (exact) mass is 397 g/mol. The molecule has 0 aliphatic rings. The van der Waals surface area contributed by atoms with Crippen molar-refractivity contribution in [3.05, 3.63) is 48.3 Å². The van der Waals surface area contributed by atoms with Crippen molar-refractivity contribution in [3.8, 4) is 23.8 Å². The average molecular weight is 398 g/mol. The summed E-state index contributed by atoms with van der Waals surface area (Å²) in [5.74, 6) is 4.68. The van der Waals surface area contributed by atoms with E-state index in [4.69, 9.17) is 32.6 Å². The first-order valence-electron chi connectivity index (χ1n) is 8.80. The van der Waals surface area contributed by atoms with E-state index in [1.807, 2.05) is 30.3 Å². The van der Waals surface area contributed by atoms with Crippen LogP contribution in [0.15, 0.2) is 42.7 Å². The minimum Gasteiger partial charge on any atom is -0.490 e. The molecule has 0 atom stereocenters. The van der Waals surface area contributed by atoms with Crippen LogP contribution in [0.1, 0.15) is 12.0 Å². The third-order valence-corrected chi connectivity index (χ3v) is 4.04. The van der Waals surface area contributed by atoms with Gasteiger partial charge in [0.25, 0.3) is 0 Å². The molecule has 6 nitrogen and oxygen atoms in total. The standard InChI is InChI=1S/C21H20ClN3O3/c1-2-15-5-3-6-16(11-15)25-21-17-12-19(28-10-7-22)20(27-9-4-8-26)13-18(17)23-14-24-21/h1,3,5-6,11-14,26H,4,7-10H2,(H,23,24,25). The van der Waals surface area contributed by atoms with Crippen molar-refractivity contribution < 1.29 is 14.6 Å². The van der Waals surface area contributed by atoms with Crippen LogP contribution in [0.4, 0.5) is 11.5 Å². The van der Waals surface area contributed by atoms with Gasteiger partial charge >= 0.3 is 0 Å². The summed E-state index contributed by atoms with van der Waals surface area (Å²) >= 11 is 5.76. The first-order valence-corrected chi connectivity index (χ1v) is 9.33. The smallest absolute Gasteiger partial charge is 0.163 e. The van der Waals surface area contributed by atoms with Gasteiger partial charge in [0.2, 0.25) is 0 Å². The minimum absolute atomic E-state index is 0.0540. The zero-order chi connectivity index (χ0) is 19.8. The number of alkyl halides is 1. The van der Waals surface area contributed by atoms with Crippen molar-refractivity contribution in [3.63, 3.8) is 0 Å². The van der Waals surface area contributed by atoms with E-state index in [9.17, 15) is 0 Å². The summed E-state index contributed by atoms with van der Waals surface area (Å²) in [7, 11) is 0. The van der Waals surface area contributed by atoms with Gasteiger partial charge in [-0.1, -0.05) is 12.0 Å². The summed E-state index contributed by atoms with van der Waals surface area (Å²) < 4.78 is 11.5. The largest absolute Gasteiger partial charge is 0.490 e. The number of ether oxygens (including phenoxy) is 2. The normalized spacial score (nSPS) is 10.5. The Morgan fingerprint density at radius 1 is 1.11 bits per heavy atom. The quantitative estimate of drug-likeness (QED) is 0.325. The Balaban J connectivity index is 1.98. The van der Waals surface area contributed by atoms with E-state index in [1.165, 1.54) is 6.33 Å². The van der Waals surface area contributed by atoms with Gasteiger partial charge in [-0.25, -0.2) is 9.97 Å². The second kappa shape index (κ2) is 9.79. The number of hydrogen-bond donors (Lipinski definition) is 2. The van der Waals surface area contributed by atoms with E-state index in [0.29, 0.717) is 48.3 Å². The number of nitrogens with one attached hydrogen (secondary N) is 1. The molecule has 0 aliphatic carbocycles. The van der Waals surface area contributed by atoms with E-state index in [0.717, 1.165) is 16.6 Å². The predicted octanol–water partition coefficient (Wildman–Crippen LogP) is 3.73. The molecule has 0 amide bonds. The summed E-state index contributed by atoms with van der Waals surface area (Å²) in [6, 6.07) is 11.1. The van der Waals surface area contributed by atoms with Crippen LogP contribution in [0.5, 0.6) is 11.5 Å². The third kappa shape index (κ3) is 4.83. The Kier molecular flexibility index (Phi) is 6.90. The zero-order valence-electron chi connectivity index (χ0n) is 15.2. The molecular formula is C21H20ClN3O3. The molecule has 0 spiro atoms. The Morgan fingerprint density at radius 2 is 1.93 bits per heavy atom. The first-order chi connectivity index (χ1) is 13.7. The highest BCUT2D eigenvalue weighted by Gasteiger charge is 2.13. The van der Waals surface area contributed by atoms with E-state index < -0.39 is 0 Å². The number of nitrogens with zero attached hydrogens (tertiary/aromatic N) is 2. The van der Waals surface area contributed by atoms with Gasteiger partial charge in [0.15, 0.2) is 11.5 Å². The molecule has 2 N–H and O–H groups in total. The fourth-order valence-corrected chi connectivity index (χ4v) is 2.69. The lowest BCUT2D eigenvalue weighted by atomic mass is 10.2. The Hall–Kier alpha value is -3.01. The van der Waals surface area contributed by atoms with Crippen LogP contribution in [0.25, 0.3) is 10.9 Å². The molecule has 2 aromatic carbocycles. The average Bonchev–Trinajstić information content (AvgIpc) is 2.73. The molecule has 1 aromatic heterocycles. The van der Waals surface area contributed by atoms with Gasteiger partial charge in [0.05, 0.1) is 18.0 Å². The van der Waals surface area contributed by atoms with E-state index in [1.54, 1.807) is 6.07 Å². The van der Waals surface area contributed by atoms with Crippen molar-refractivity contribution in [2.24, 2.45) is 0 Å². The maximum absolute atomic E-state index is 8.97. The molecule has 0 saturated carbocycles. The van der Waals surface area contributed by atoms with Gasteiger partial charge in [0.1, 0.15) is 18.8 Å². The van der Waals surface area contributed by atoms with Crippen LogP contribution in [0.2, 0.25) is 0 Å². The van der Waals surface area contributed by atoms with Crippen molar-refractivity contribution in [1.82, 2.24) is 9.97 Å². The number of terminal acetylenes is 1. The molecule has 0 unspecified atom stereocenters. The molecule has 0 fully saturated rings. The van der Waals surface area contributed by atoms with Crippen LogP contribution < -0.4 is 14.8 Å². The first kappa shape index (κ1) is 19.7. The van der Waals surface area contributed by atoms with Crippen molar-refractivity contribution in [1.29, 1.82) is 0 Å². The van der Waals surface area contributed by atoms with Crippen molar-refractivity contribution in [2.75, 3.05) is 31.0 Å². The SMILES string of the molecule is C#Cc1cccc(Nc2ncnc3cc(OCCCO)c(OCCCl)cc23)c1. The van der Waals surface area contributed by atoms with Crippen molar-refractivity contribution in [2.45, 2.75) is 6.42 Å². The number of anilines is 2. The van der Waals surface area contributed by atoms with E-state index >= 15 is 0 Å². The second-order valence-electron chi connectivity index (χ2n) is 5.85. The number of aliphatic hydroxyl groups excluding tert-OH is 1. The Bertz CT molecular complexity index is 988. The summed E-state index contributed by atoms with van der Waals surface area (Å²) in [4.78, 5) is 8.69. The fraction of sp³-hybridized carbons (Fsp3) is 0.238. The molecular weight excluding hydrogens is 378 g/mol. The van der Waals surface area contributed by atoms with Crippen LogP contribution in [-0.4, -0.2) is 40.8 Å². The van der Waals surface area contributed by atoms with Crippen LogP contribution in [-0.2, 0) is 0 Å². The van der Waals surface area contributed by atoms with Gasteiger partial charge in [-0.2, -0.15) is 0 Å². The molecule has 0 bridgehead atoms. The van der Waals surface area contributed by atoms with Crippen LogP contribution in [0, 0.1) is 12.3 Å². The summed E-state index contributed by atoms with van der Waals surface area (Å²) in [6.45, 7) is 0.761. The van der Waals surface area contributed by atoms with Gasteiger partial charge in [-0.15, -0.1) is 18.0 Å². The molecule has 0 radical (unpaired) electrons. The topological polar surface area (TPSA) is 76.5 Å². The Morgan fingerprint density at radius 3 is 2.71 bits per heavy atom. The zero-order valence-corrected chi connectivity index (χ0v) is 15.9. The molecule has 0 saturated heterocycles. The molecule has 28 heavy (non-hydrogen) atoms. The van der Waals surface area contributed by atoms with Gasteiger partial charge in [-0.05, 0) is 24.3 Å². The minimum atomic E-state index is 0.0540. The number of aliphatic hydroxyl groups is 1. The third-order valence-electron chi connectivity index (χ3n) is 3.89. The summed E-state index contributed by atoms with van der Waals surface area (Å²) in [6.07, 6.45) is 7.48. The highest BCUT2D eigenvalue weighted by atomic mass is 35.5. The lowest BCUT2D eigenvalue weighted by molar-refractivity contribution is 0.225. The van der Waals surface area contributed by atoms with Crippen LogP contribution in [0.3, 0.4) is 0 Å². The van der Waals surface area contributed by atoms with E-state index in [2.05, 4.69) is 21.2 Å². The number of hydrogen-bond acceptors (Lipinski definition) is 6. The lowest BCUT2D eigenvalue weighted by Crippen LogP contribution is -2.05. The highest BCUT2D eigenvalue weighted by Crippen LogP contribution is 2.35. The molecule has 0 aliphatic heterocycles. The maximum atomic E-state index is 8.97. The van der Waals surface area contributed by atoms with Gasteiger partial charge in [-0.3, -0.25) is 0 Å². The number of rotatable bonds is 9. The highest BCUT2D eigenvalue weighted by molar-refractivity contribution is 6.18. The van der Waals surface area contributed by atoms with E-state index in [-0.39, 0.29) is 6.61 Å². The number of halogens is 1. The van der Waals surface area contributed by atoms with Crippen LogP contribution >= 0.6 is 11.6 Å². The maximum Gasteiger partial charge on any atom is 0.163 e. The molecule has 3 aromatic rings. The molecule has 7 heteroatoms. The molecule has 144 valence electrons. The van der Waals surface area contributed by atoms with Gasteiger partial charge < -0.3 is 19.9 Å². The Labute approximate surface area is 168 Å². The lowest BCUT2D eigenvalue weighted by Gasteiger charge is -2.15. The number of aromatic nitrogens is 2. The predicted molar refractivity (Wildman–Crippen MR) is 111 cm³/mol. The number of benzene rings is 2. The second-order valence-corrected chi connectivity index (χ2v) is 6.23. The fourth-order valence-electron chi connectivity index (χ4n) is 2.61. The summed E-state index contributed by atoms with van der Waals surface area (Å²) in [5, 5.41) is 13.0. The number of fused-ring (bicyclic) bond motifs is 1.